The number of amides is 7. The Kier molecular flexibility index (Phi) is 16.7. The predicted molar refractivity (Wildman–Crippen MR) is 216 cm³/mol. The lowest BCUT2D eigenvalue weighted by molar-refractivity contribution is -0.136. The molecule has 4 rings (SSSR count). The number of fused-ring (bicyclic) bond motifs is 1. The maximum atomic E-state index is 13.3. The largest absolute Gasteiger partial charge is 0.493 e. The summed E-state index contributed by atoms with van der Waals surface area (Å²) in [5.74, 6) is -2.51. The smallest absolute Gasteiger partial charge is 0.408 e. The van der Waals surface area contributed by atoms with Crippen LogP contribution in [0.15, 0.2) is 36.7 Å². The van der Waals surface area contributed by atoms with Crippen LogP contribution < -0.4 is 31.3 Å². The van der Waals surface area contributed by atoms with Crippen LogP contribution in [0.4, 0.5) is 10.7 Å². The van der Waals surface area contributed by atoms with Gasteiger partial charge >= 0.3 is 6.09 Å². The van der Waals surface area contributed by atoms with Gasteiger partial charge in [-0.2, -0.15) is 0 Å². The SMILES string of the molecule is CC(C)(CCC(=O)NCCCOC(=O)NC(Nc1ncccn1)C(Cl)(Cl)Cl)OCCC(C)(C)C(=O)NCCCOc1cccc2c1C(=O)N(C1CCC(=O)NC1=O)C2=O. The Labute approximate surface area is 356 Å². The van der Waals surface area contributed by atoms with Crippen LogP contribution in [0.1, 0.15) is 93.4 Å². The van der Waals surface area contributed by atoms with Crippen LogP contribution in [0.2, 0.25) is 0 Å². The molecule has 0 saturated carbocycles. The number of hydrogen-bond acceptors (Lipinski definition) is 13. The molecule has 1 aromatic heterocycles. The number of nitrogens with one attached hydrogen (secondary N) is 5. The Bertz CT molecular complexity index is 1860. The zero-order valence-electron chi connectivity index (χ0n) is 33.2. The van der Waals surface area contributed by atoms with Gasteiger partial charge in [-0.15, -0.1) is 0 Å². The summed E-state index contributed by atoms with van der Waals surface area (Å²) in [5, 5.41) is 13.0. The fourth-order valence-corrected chi connectivity index (χ4v) is 6.23. The van der Waals surface area contributed by atoms with Crippen molar-refractivity contribution in [2.45, 2.75) is 94.2 Å². The van der Waals surface area contributed by atoms with E-state index in [-0.39, 0.29) is 86.8 Å². The van der Waals surface area contributed by atoms with Crippen LogP contribution in [0.25, 0.3) is 0 Å². The molecular weight excluding hydrogens is 835 g/mol. The van der Waals surface area contributed by atoms with Gasteiger partial charge in [-0.25, -0.2) is 14.8 Å². The predicted octanol–water partition coefficient (Wildman–Crippen LogP) is 3.80. The summed E-state index contributed by atoms with van der Waals surface area (Å²) in [6, 6.07) is 5.14. The number of carbonyl (C=O) groups excluding carboxylic acids is 7. The molecule has 1 saturated heterocycles. The number of benzene rings is 1. The molecule has 5 N–H and O–H groups in total. The molecule has 2 aliphatic rings. The summed E-state index contributed by atoms with van der Waals surface area (Å²) in [6.45, 7) is 8.26. The first kappa shape index (κ1) is 46.9. The van der Waals surface area contributed by atoms with Crippen molar-refractivity contribution >= 4 is 82.3 Å². The Morgan fingerprint density at radius 3 is 2.31 bits per heavy atom. The minimum absolute atomic E-state index is 0.0124. The van der Waals surface area contributed by atoms with Gasteiger partial charge in [0.2, 0.25) is 33.4 Å². The van der Waals surface area contributed by atoms with Crippen LogP contribution in [0, 0.1) is 5.41 Å². The number of alkyl halides is 3. The van der Waals surface area contributed by atoms with Crippen LogP contribution in [0.5, 0.6) is 5.75 Å². The molecule has 0 bridgehead atoms. The van der Waals surface area contributed by atoms with E-state index in [1.54, 1.807) is 32.0 Å². The highest BCUT2D eigenvalue weighted by Crippen LogP contribution is 2.34. The summed E-state index contributed by atoms with van der Waals surface area (Å²) in [7, 11) is 0. The Morgan fingerprint density at radius 1 is 0.915 bits per heavy atom. The van der Waals surface area contributed by atoms with Crippen molar-refractivity contribution in [1.29, 1.82) is 0 Å². The van der Waals surface area contributed by atoms with Crippen LogP contribution in [-0.2, 0) is 28.7 Å². The van der Waals surface area contributed by atoms with E-state index in [9.17, 15) is 33.6 Å². The van der Waals surface area contributed by atoms with Crippen molar-refractivity contribution in [1.82, 2.24) is 36.1 Å². The number of hydrogen-bond donors (Lipinski definition) is 5. The number of carbonyl (C=O) groups is 7. The molecule has 0 aliphatic carbocycles. The number of imide groups is 2. The lowest BCUT2D eigenvalue weighted by Gasteiger charge is -2.29. The van der Waals surface area contributed by atoms with E-state index in [0.717, 1.165) is 4.90 Å². The number of alkyl carbamates (subject to hydrolysis) is 1. The second-order valence-corrected chi connectivity index (χ2v) is 17.4. The summed E-state index contributed by atoms with van der Waals surface area (Å²) < 4.78 is 15.1. The van der Waals surface area contributed by atoms with Gasteiger partial charge in [0.05, 0.1) is 29.9 Å². The maximum Gasteiger partial charge on any atom is 0.408 e. The minimum atomic E-state index is -1.94. The molecule has 18 nitrogen and oxygen atoms in total. The third kappa shape index (κ3) is 13.9. The number of anilines is 1. The summed E-state index contributed by atoms with van der Waals surface area (Å²) >= 11 is 17.9. The van der Waals surface area contributed by atoms with Crippen molar-refractivity contribution in [3.8, 4) is 5.75 Å². The minimum Gasteiger partial charge on any atom is -0.493 e. The lowest BCUT2D eigenvalue weighted by atomic mass is 9.88. The number of aromatic nitrogens is 2. The van der Waals surface area contributed by atoms with Crippen molar-refractivity contribution in [2.24, 2.45) is 5.41 Å². The van der Waals surface area contributed by atoms with Crippen LogP contribution in [-0.4, -0.2) is 111 Å². The number of halogens is 3. The van der Waals surface area contributed by atoms with Gasteiger partial charge in [0.15, 0.2) is 6.17 Å². The number of piperidine rings is 1. The molecule has 21 heteroatoms. The summed E-state index contributed by atoms with van der Waals surface area (Å²) in [4.78, 5) is 96.8. The molecule has 322 valence electrons. The topological polar surface area (TPSA) is 236 Å². The summed E-state index contributed by atoms with van der Waals surface area (Å²) in [6.07, 6.45) is 2.72. The van der Waals surface area contributed by atoms with E-state index in [1.807, 2.05) is 13.8 Å². The zero-order valence-corrected chi connectivity index (χ0v) is 35.4. The summed E-state index contributed by atoms with van der Waals surface area (Å²) in [5.41, 5.74) is -1.24. The fourth-order valence-electron chi connectivity index (χ4n) is 5.90. The normalized spacial score (nSPS) is 16.2. The van der Waals surface area contributed by atoms with E-state index in [4.69, 9.17) is 49.0 Å². The van der Waals surface area contributed by atoms with Crippen molar-refractivity contribution in [2.75, 3.05) is 38.2 Å². The first-order chi connectivity index (χ1) is 27.8. The molecule has 1 aromatic carbocycles. The molecule has 2 atom stereocenters. The van der Waals surface area contributed by atoms with Crippen LogP contribution >= 0.6 is 34.8 Å². The highest BCUT2D eigenvalue weighted by Gasteiger charge is 2.46. The number of rotatable bonds is 21. The Morgan fingerprint density at radius 2 is 1.61 bits per heavy atom. The van der Waals surface area contributed by atoms with Gasteiger partial charge < -0.3 is 30.2 Å². The molecule has 7 amide bonds. The molecular formula is C38H49Cl3N8O10. The van der Waals surface area contributed by atoms with Gasteiger partial charge in [0.1, 0.15) is 11.8 Å². The van der Waals surface area contributed by atoms with E-state index in [0.29, 0.717) is 25.7 Å². The number of ether oxygens (including phenoxy) is 3. The third-order valence-electron chi connectivity index (χ3n) is 9.39. The molecule has 2 unspecified atom stereocenters. The highest BCUT2D eigenvalue weighted by atomic mass is 35.6. The average Bonchev–Trinajstić information content (AvgIpc) is 3.42. The fraction of sp³-hybridized carbons (Fsp3) is 0.553. The monoisotopic (exact) mass is 882 g/mol. The maximum absolute atomic E-state index is 13.3. The molecule has 1 fully saturated rings. The molecule has 0 spiro atoms. The van der Waals surface area contributed by atoms with Crippen molar-refractivity contribution in [3.05, 3.63) is 47.8 Å². The van der Waals surface area contributed by atoms with Crippen LogP contribution in [0.3, 0.4) is 0 Å². The van der Waals surface area contributed by atoms with E-state index < -0.39 is 56.7 Å². The quantitative estimate of drug-likeness (QED) is 0.0520. The molecule has 2 aromatic rings. The molecule has 3 heterocycles. The molecule has 2 aliphatic heterocycles. The Balaban J connectivity index is 1.08. The van der Waals surface area contributed by atoms with Gasteiger partial charge in [0.25, 0.3) is 11.8 Å². The first-order valence-corrected chi connectivity index (χ1v) is 20.1. The van der Waals surface area contributed by atoms with Gasteiger partial charge in [0, 0.05) is 50.3 Å². The van der Waals surface area contributed by atoms with Gasteiger partial charge in [-0.05, 0) is 64.2 Å². The van der Waals surface area contributed by atoms with Gasteiger partial charge in [-0.3, -0.25) is 44.3 Å². The first-order valence-electron chi connectivity index (χ1n) is 19.0. The van der Waals surface area contributed by atoms with E-state index in [2.05, 4.69) is 36.6 Å². The molecule has 0 radical (unpaired) electrons. The second-order valence-electron chi connectivity index (χ2n) is 15.0. The lowest BCUT2D eigenvalue weighted by Crippen LogP contribution is -2.54. The number of nitrogens with zero attached hydrogens (tertiary/aromatic N) is 3. The Hall–Kier alpha value is -4.78. The average molecular weight is 884 g/mol. The van der Waals surface area contributed by atoms with Gasteiger partial charge in [-0.1, -0.05) is 54.7 Å². The van der Waals surface area contributed by atoms with E-state index >= 15 is 0 Å². The van der Waals surface area contributed by atoms with Crippen molar-refractivity contribution in [3.63, 3.8) is 0 Å². The standard InChI is InChI=1S/C38H49Cl3N8O10/c1-36(2,33(55)43-19-8-20-57-25-10-5-9-23-28(25)31(54)49(30(23)53)24-11-12-27(51)46-29(24)52)15-22-59-37(3,4)14-13-26(50)42-18-7-21-58-35(56)48-32(38(39,40)41)47-34-44-16-6-17-45-34/h5-6,9-10,16-17,24,32H,7-8,11-15,18-22H2,1-4H3,(H,42,50)(H,43,55)(H,48,56)(H,44,45,47)(H,46,51,52). The molecule has 59 heavy (non-hydrogen) atoms. The van der Waals surface area contributed by atoms with E-state index in [1.165, 1.54) is 18.5 Å². The second kappa shape index (κ2) is 21.0. The third-order valence-corrected chi connectivity index (χ3v) is 10.0. The van der Waals surface area contributed by atoms with Crippen molar-refractivity contribution < 1.29 is 47.8 Å². The zero-order chi connectivity index (χ0) is 43.4. The highest BCUT2D eigenvalue weighted by molar-refractivity contribution is 6.68.